The van der Waals surface area contributed by atoms with E-state index in [0.717, 1.165) is 11.3 Å². The third-order valence-corrected chi connectivity index (χ3v) is 3.51. The Kier molecular flexibility index (Phi) is 4.95. The van der Waals surface area contributed by atoms with Gasteiger partial charge in [0.05, 0.1) is 16.3 Å². The molecule has 3 nitrogen and oxygen atoms in total. The summed E-state index contributed by atoms with van der Waals surface area (Å²) < 4.78 is 19.5. The molecular weight excluding hydrogens is 323 g/mol. The minimum atomic E-state index is -0.269. The fourth-order valence-electron chi connectivity index (χ4n) is 1.72. The monoisotopic (exact) mass is 338 g/mol. The smallest absolute Gasteiger partial charge is 0.237 e. The second-order valence-electron chi connectivity index (χ2n) is 4.59. The molecule has 0 spiro atoms. The molecule has 0 aliphatic rings. The van der Waals surface area contributed by atoms with Gasteiger partial charge < -0.3 is 10.1 Å². The highest BCUT2D eigenvalue weighted by molar-refractivity contribution is 9.10. The number of anilines is 1. The van der Waals surface area contributed by atoms with Crippen molar-refractivity contribution in [2.24, 2.45) is 0 Å². The third kappa shape index (κ3) is 3.70. The third-order valence-electron chi connectivity index (χ3n) is 2.62. The normalized spacial score (nSPS) is 10.7. The van der Waals surface area contributed by atoms with Gasteiger partial charge in [-0.05, 0) is 53.5 Å². The topological polar surface area (TPSA) is 34.1 Å². The number of hydrogen-bond acceptors (Lipinski definition) is 3. The highest BCUT2D eigenvalue weighted by Crippen LogP contribution is 2.25. The zero-order chi connectivity index (χ0) is 14.5. The molecule has 20 heavy (non-hydrogen) atoms. The molecule has 0 radical (unpaired) electrons. The Labute approximate surface area is 126 Å². The standard InChI is InChI=1S/C15H16BrFN2O/c1-10(2)20-15-13(7-4-8-18-15)19-9-11-5-3-6-12(17)14(11)16/h3-8,10,19H,9H2,1-2H3. The van der Waals surface area contributed by atoms with E-state index in [2.05, 4.69) is 26.2 Å². The van der Waals surface area contributed by atoms with E-state index < -0.39 is 0 Å². The van der Waals surface area contributed by atoms with Crippen molar-refractivity contribution < 1.29 is 9.13 Å². The van der Waals surface area contributed by atoms with Crippen molar-refractivity contribution in [3.05, 3.63) is 52.4 Å². The molecule has 1 aromatic carbocycles. The van der Waals surface area contributed by atoms with Crippen LogP contribution in [-0.4, -0.2) is 11.1 Å². The lowest BCUT2D eigenvalue weighted by Gasteiger charge is -2.14. The first kappa shape index (κ1) is 14.8. The van der Waals surface area contributed by atoms with Crippen molar-refractivity contribution in [1.82, 2.24) is 4.98 Å². The average Bonchev–Trinajstić information content (AvgIpc) is 2.41. The van der Waals surface area contributed by atoms with Gasteiger partial charge in [0.15, 0.2) is 0 Å². The Morgan fingerprint density at radius 2 is 2.10 bits per heavy atom. The van der Waals surface area contributed by atoms with Crippen LogP contribution in [-0.2, 0) is 6.54 Å². The molecule has 0 aliphatic carbocycles. The predicted molar refractivity (Wildman–Crippen MR) is 81.4 cm³/mol. The van der Waals surface area contributed by atoms with Crippen molar-refractivity contribution in [2.75, 3.05) is 5.32 Å². The van der Waals surface area contributed by atoms with E-state index in [-0.39, 0.29) is 11.9 Å². The molecule has 0 aliphatic heterocycles. The van der Waals surface area contributed by atoms with Gasteiger partial charge in [-0.3, -0.25) is 0 Å². The Balaban J connectivity index is 2.13. The first-order valence-corrected chi connectivity index (χ1v) is 7.15. The summed E-state index contributed by atoms with van der Waals surface area (Å²) in [6.07, 6.45) is 1.73. The highest BCUT2D eigenvalue weighted by atomic mass is 79.9. The molecule has 106 valence electrons. The van der Waals surface area contributed by atoms with E-state index in [4.69, 9.17) is 4.74 Å². The lowest BCUT2D eigenvalue weighted by Crippen LogP contribution is -2.10. The van der Waals surface area contributed by atoms with E-state index in [1.165, 1.54) is 6.07 Å². The molecular formula is C15H16BrFN2O. The van der Waals surface area contributed by atoms with Crippen molar-refractivity contribution in [2.45, 2.75) is 26.5 Å². The predicted octanol–water partition coefficient (Wildman–Crippen LogP) is 4.38. The van der Waals surface area contributed by atoms with Crippen LogP contribution >= 0.6 is 15.9 Å². The molecule has 0 fully saturated rings. The van der Waals surface area contributed by atoms with Crippen molar-refractivity contribution in [3.63, 3.8) is 0 Å². The fourth-order valence-corrected chi connectivity index (χ4v) is 2.12. The maximum absolute atomic E-state index is 13.4. The summed E-state index contributed by atoms with van der Waals surface area (Å²) >= 11 is 3.25. The van der Waals surface area contributed by atoms with Crippen LogP contribution in [0, 0.1) is 5.82 Å². The molecule has 2 rings (SSSR count). The van der Waals surface area contributed by atoms with Crippen LogP contribution in [0.4, 0.5) is 10.1 Å². The fraction of sp³-hybridized carbons (Fsp3) is 0.267. The van der Waals surface area contributed by atoms with Crippen LogP contribution in [0.1, 0.15) is 19.4 Å². The lowest BCUT2D eigenvalue weighted by atomic mass is 10.2. The highest BCUT2D eigenvalue weighted by Gasteiger charge is 2.08. The van der Waals surface area contributed by atoms with E-state index in [1.54, 1.807) is 12.3 Å². The summed E-state index contributed by atoms with van der Waals surface area (Å²) in [4.78, 5) is 4.20. The van der Waals surface area contributed by atoms with Crippen LogP contribution in [0.15, 0.2) is 41.0 Å². The Bertz CT molecular complexity index is 590. The number of nitrogens with zero attached hydrogens (tertiary/aromatic N) is 1. The molecule has 2 aromatic rings. The Hall–Kier alpha value is -1.62. The minimum absolute atomic E-state index is 0.0476. The Morgan fingerprint density at radius 1 is 1.30 bits per heavy atom. The largest absolute Gasteiger partial charge is 0.473 e. The van der Waals surface area contributed by atoms with E-state index in [1.807, 2.05) is 32.0 Å². The van der Waals surface area contributed by atoms with Gasteiger partial charge in [-0.1, -0.05) is 12.1 Å². The van der Waals surface area contributed by atoms with Crippen LogP contribution < -0.4 is 10.1 Å². The van der Waals surface area contributed by atoms with E-state index >= 15 is 0 Å². The van der Waals surface area contributed by atoms with Crippen molar-refractivity contribution >= 4 is 21.6 Å². The van der Waals surface area contributed by atoms with Gasteiger partial charge in [0.1, 0.15) is 5.82 Å². The maximum Gasteiger partial charge on any atom is 0.237 e. The molecule has 1 aromatic heterocycles. The zero-order valence-electron chi connectivity index (χ0n) is 11.4. The minimum Gasteiger partial charge on any atom is -0.473 e. The summed E-state index contributed by atoms with van der Waals surface area (Å²) in [5.41, 5.74) is 1.63. The number of halogens is 2. The van der Waals surface area contributed by atoms with Crippen molar-refractivity contribution in [3.8, 4) is 5.88 Å². The van der Waals surface area contributed by atoms with Gasteiger partial charge in [-0.2, -0.15) is 0 Å². The van der Waals surface area contributed by atoms with Crippen molar-refractivity contribution in [1.29, 1.82) is 0 Å². The maximum atomic E-state index is 13.4. The second kappa shape index (κ2) is 6.70. The van der Waals surface area contributed by atoms with Gasteiger partial charge in [0.25, 0.3) is 0 Å². The van der Waals surface area contributed by atoms with E-state index in [9.17, 15) is 4.39 Å². The van der Waals surface area contributed by atoms with Gasteiger partial charge in [0, 0.05) is 12.7 Å². The van der Waals surface area contributed by atoms with Crippen LogP contribution in [0.2, 0.25) is 0 Å². The average molecular weight is 339 g/mol. The quantitative estimate of drug-likeness (QED) is 0.878. The first-order valence-electron chi connectivity index (χ1n) is 6.36. The summed E-state index contributed by atoms with van der Waals surface area (Å²) in [5.74, 6) is 0.282. The molecule has 1 heterocycles. The molecule has 0 saturated carbocycles. The van der Waals surface area contributed by atoms with Crippen LogP contribution in [0.25, 0.3) is 0 Å². The number of hydrogen-bond donors (Lipinski definition) is 1. The summed E-state index contributed by atoms with van der Waals surface area (Å²) in [6.45, 7) is 4.38. The van der Waals surface area contributed by atoms with Gasteiger partial charge in [0.2, 0.25) is 5.88 Å². The van der Waals surface area contributed by atoms with Gasteiger partial charge >= 0.3 is 0 Å². The number of rotatable bonds is 5. The number of benzene rings is 1. The molecule has 0 saturated heterocycles. The first-order chi connectivity index (χ1) is 9.58. The number of ether oxygens (including phenoxy) is 1. The summed E-state index contributed by atoms with van der Waals surface area (Å²) in [7, 11) is 0. The Morgan fingerprint density at radius 3 is 2.85 bits per heavy atom. The molecule has 1 N–H and O–H groups in total. The second-order valence-corrected chi connectivity index (χ2v) is 5.38. The molecule has 5 heteroatoms. The SMILES string of the molecule is CC(C)Oc1ncccc1NCc1cccc(F)c1Br. The molecule has 0 unspecified atom stereocenters. The van der Waals surface area contributed by atoms with Crippen LogP contribution in [0.5, 0.6) is 5.88 Å². The van der Waals surface area contributed by atoms with E-state index in [0.29, 0.717) is 16.9 Å². The lowest BCUT2D eigenvalue weighted by molar-refractivity contribution is 0.234. The zero-order valence-corrected chi connectivity index (χ0v) is 12.9. The number of aromatic nitrogens is 1. The molecule has 0 atom stereocenters. The molecule has 0 amide bonds. The summed E-state index contributed by atoms with van der Waals surface area (Å²) in [5, 5.41) is 3.22. The van der Waals surface area contributed by atoms with Gasteiger partial charge in [-0.15, -0.1) is 0 Å². The number of pyridine rings is 1. The van der Waals surface area contributed by atoms with Crippen LogP contribution in [0.3, 0.4) is 0 Å². The number of nitrogens with one attached hydrogen (secondary N) is 1. The molecule has 0 bridgehead atoms. The summed E-state index contributed by atoms with van der Waals surface area (Å²) in [6, 6.07) is 8.68. The van der Waals surface area contributed by atoms with Gasteiger partial charge in [-0.25, -0.2) is 9.37 Å².